The standard InChI is InChI=1S/C25H21AsN4O2S/c1-33(31,32)24-12-3-2-11-23(24)30-25-20(8-5-14-29-25)16-26(22-10-6-13-28-18-22)21-9-4-7-19(15-21)17-27/h2-15,18H,16H2,1H3,(H,29,30). The third kappa shape index (κ3) is 5.48. The molecule has 2 aromatic heterocycles. The van der Waals surface area contributed by atoms with Crippen molar-refractivity contribution in [2.75, 3.05) is 11.6 Å². The van der Waals surface area contributed by atoms with Crippen molar-refractivity contribution in [3.05, 3.63) is 103 Å². The molecule has 0 radical (unpaired) electrons. The van der Waals surface area contributed by atoms with Crippen molar-refractivity contribution in [1.29, 1.82) is 5.26 Å². The molecule has 8 heteroatoms. The van der Waals surface area contributed by atoms with Gasteiger partial charge in [-0.1, -0.05) is 0 Å². The van der Waals surface area contributed by atoms with E-state index >= 15 is 0 Å². The fourth-order valence-corrected chi connectivity index (χ4v) is 9.11. The number of anilines is 2. The molecule has 0 aliphatic rings. The zero-order valence-corrected chi connectivity index (χ0v) is 20.6. The van der Waals surface area contributed by atoms with Crippen molar-refractivity contribution in [2.24, 2.45) is 0 Å². The van der Waals surface area contributed by atoms with Crippen LogP contribution in [0.5, 0.6) is 0 Å². The molecule has 0 aliphatic carbocycles. The molecule has 1 unspecified atom stereocenters. The number of benzene rings is 2. The zero-order valence-electron chi connectivity index (χ0n) is 17.9. The second kappa shape index (κ2) is 9.99. The first-order valence-corrected chi connectivity index (χ1v) is 15.2. The molecule has 2 aromatic carbocycles. The minimum atomic E-state index is -3.40. The normalized spacial score (nSPS) is 12.0. The third-order valence-electron chi connectivity index (χ3n) is 5.00. The molecule has 0 saturated carbocycles. The van der Waals surface area contributed by atoms with Crippen LogP contribution in [0.4, 0.5) is 11.5 Å². The Morgan fingerprint density at radius 2 is 1.76 bits per heavy atom. The fourth-order valence-electron chi connectivity index (χ4n) is 3.46. The van der Waals surface area contributed by atoms with Gasteiger partial charge in [-0.3, -0.25) is 0 Å². The molecular formula is C25H21AsN4O2S. The third-order valence-corrected chi connectivity index (χ3v) is 11.3. The van der Waals surface area contributed by atoms with Crippen LogP contribution in [0.15, 0.2) is 96.3 Å². The number of rotatable bonds is 7. The summed E-state index contributed by atoms with van der Waals surface area (Å²) >= 11 is -1.90. The van der Waals surface area contributed by atoms with Gasteiger partial charge >= 0.3 is 199 Å². The molecule has 4 rings (SSSR count). The van der Waals surface area contributed by atoms with Crippen LogP contribution in [-0.4, -0.2) is 39.3 Å². The number of pyridine rings is 2. The number of nitrogens with one attached hydrogen (secondary N) is 1. The molecular weight excluding hydrogens is 495 g/mol. The van der Waals surface area contributed by atoms with Crippen molar-refractivity contribution >= 4 is 44.7 Å². The van der Waals surface area contributed by atoms with Crippen molar-refractivity contribution in [1.82, 2.24) is 9.97 Å². The summed E-state index contributed by atoms with van der Waals surface area (Å²) in [4.78, 5) is 9.07. The van der Waals surface area contributed by atoms with E-state index in [9.17, 15) is 13.7 Å². The molecule has 1 N–H and O–H groups in total. The molecule has 0 spiro atoms. The zero-order chi connectivity index (χ0) is 23.3. The maximum absolute atomic E-state index is 12.3. The van der Waals surface area contributed by atoms with Crippen LogP contribution in [0, 0.1) is 11.3 Å². The average molecular weight is 516 g/mol. The average Bonchev–Trinajstić information content (AvgIpc) is 2.84. The number of nitrogens with zero attached hydrogens (tertiary/aromatic N) is 3. The van der Waals surface area contributed by atoms with E-state index < -0.39 is 24.5 Å². The molecule has 0 bridgehead atoms. The maximum atomic E-state index is 12.3. The molecule has 0 amide bonds. The van der Waals surface area contributed by atoms with Gasteiger partial charge in [0.15, 0.2) is 0 Å². The number of sulfone groups is 1. The SMILES string of the molecule is CS(=O)(=O)c1ccccc1Nc1ncccc1C[As](c1cccnc1)c1cccc(C#N)c1. The summed E-state index contributed by atoms with van der Waals surface area (Å²) in [6.45, 7) is 0. The van der Waals surface area contributed by atoms with Crippen LogP contribution < -0.4 is 14.0 Å². The van der Waals surface area contributed by atoms with Crippen LogP contribution in [0.3, 0.4) is 0 Å². The Morgan fingerprint density at radius 3 is 2.52 bits per heavy atom. The van der Waals surface area contributed by atoms with Crippen LogP contribution in [0.2, 0.25) is 0 Å². The van der Waals surface area contributed by atoms with Crippen molar-refractivity contribution < 1.29 is 8.42 Å². The Kier molecular flexibility index (Phi) is 6.88. The van der Waals surface area contributed by atoms with E-state index in [1.54, 1.807) is 42.7 Å². The van der Waals surface area contributed by atoms with Crippen molar-refractivity contribution in [3.63, 3.8) is 0 Å². The Labute approximate surface area is 198 Å². The Bertz CT molecular complexity index is 1420. The molecule has 0 aliphatic heterocycles. The predicted octanol–water partition coefficient (Wildman–Crippen LogP) is 2.89. The van der Waals surface area contributed by atoms with Gasteiger partial charge in [0.2, 0.25) is 0 Å². The van der Waals surface area contributed by atoms with Crippen molar-refractivity contribution in [3.8, 4) is 6.07 Å². The number of hydrogen-bond acceptors (Lipinski definition) is 6. The van der Waals surface area contributed by atoms with E-state index in [0.717, 1.165) is 19.5 Å². The van der Waals surface area contributed by atoms with Crippen LogP contribution >= 0.6 is 0 Å². The topological polar surface area (TPSA) is 95.7 Å². The van der Waals surface area contributed by atoms with Gasteiger partial charge in [-0.2, -0.15) is 0 Å². The molecule has 1 atom stereocenters. The van der Waals surface area contributed by atoms with Gasteiger partial charge in [-0.25, -0.2) is 0 Å². The summed E-state index contributed by atoms with van der Waals surface area (Å²) in [6.07, 6.45) is 6.52. The van der Waals surface area contributed by atoms with Crippen LogP contribution in [0.25, 0.3) is 0 Å². The van der Waals surface area contributed by atoms with Crippen LogP contribution in [-0.2, 0) is 15.0 Å². The van der Waals surface area contributed by atoms with Crippen LogP contribution in [0.1, 0.15) is 11.1 Å². The summed E-state index contributed by atoms with van der Waals surface area (Å²) in [5.41, 5.74) is 2.10. The summed E-state index contributed by atoms with van der Waals surface area (Å²) < 4.78 is 26.8. The summed E-state index contributed by atoms with van der Waals surface area (Å²) in [5.74, 6) is 0.619. The number of hydrogen-bond donors (Lipinski definition) is 1. The first-order valence-electron chi connectivity index (χ1n) is 10.1. The van der Waals surface area contributed by atoms with E-state index in [4.69, 9.17) is 0 Å². The van der Waals surface area contributed by atoms with Gasteiger partial charge in [-0.15, -0.1) is 0 Å². The van der Waals surface area contributed by atoms with E-state index in [1.165, 1.54) is 6.26 Å². The molecule has 164 valence electrons. The number of nitriles is 1. The quantitative estimate of drug-likeness (QED) is 0.380. The summed E-state index contributed by atoms with van der Waals surface area (Å²) in [5, 5.41) is 13.4. The second-order valence-electron chi connectivity index (χ2n) is 7.36. The van der Waals surface area contributed by atoms with E-state index in [0.29, 0.717) is 17.1 Å². The first kappa shape index (κ1) is 22.7. The molecule has 0 saturated heterocycles. The summed E-state index contributed by atoms with van der Waals surface area (Å²) in [7, 11) is -3.40. The molecule has 2 heterocycles. The second-order valence-corrected chi connectivity index (χ2v) is 14.0. The first-order chi connectivity index (χ1) is 16.0. The fraction of sp³-hybridized carbons (Fsp3) is 0.0800. The molecule has 0 fully saturated rings. The Hall–Kier alpha value is -3.46. The predicted molar refractivity (Wildman–Crippen MR) is 131 cm³/mol. The number of para-hydroxylation sites is 1. The molecule has 4 aromatic rings. The van der Waals surface area contributed by atoms with Gasteiger partial charge in [0.25, 0.3) is 0 Å². The van der Waals surface area contributed by atoms with Gasteiger partial charge in [-0.05, 0) is 0 Å². The summed E-state index contributed by atoms with van der Waals surface area (Å²) in [6, 6.07) is 24.7. The van der Waals surface area contributed by atoms with Gasteiger partial charge in [0.1, 0.15) is 0 Å². The monoisotopic (exact) mass is 516 g/mol. The van der Waals surface area contributed by atoms with Gasteiger partial charge in [0.05, 0.1) is 0 Å². The van der Waals surface area contributed by atoms with Gasteiger partial charge in [0, 0.05) is 0 Å². The molecule has 6 nitrogen and oxygen atoms in total. The number of aromatic nitrogens is 2. The Morgan fingerprint density at radius 1 is 0.970 bits per heavy atom. The van der Waals surface area contributed by atoms with Crippen molar-refractivity contribution in [2.45, 2.75) is 10.1 Å². The Balaban J connectivity index is 1.75. The minimum absolute atomic E-state index is 0.227. The van der Waals surface area contributed by atoms with E-state index in [-0.39, 0.29) is 4.90 Å². The van der Waals surface area contributed by atoms with Gasteiger partial charge < -0.3 is 0 Å². The van der Waals surface area contributed by atoms with E-state index in [1.807, 2.05) is 36.5 Å². The molecule has 33 heavy (non-hydrogen) atoms. The van der Waals surface area contributed by atoms with E-state index in [2.05, 4.69) is 33.5 Å².